The van der Waals surface area contributed by atoms with Crippen molar-refractivity contribution in [2.75, 3.05) is 13.1 Å². The van der Waals surface area contributed by atoms with Crippen LogP contribution in [0.3, 0.4) is 0 Å². The fraction of sp³-hybridized carbons (Fsp3) is 0.348. The van der Waals surface area contributed by atoms with E-state index in [2.05, 4.69) is 79.4 Å². The van der Waals surface area contributed by atoms with Crippen LogP contribution in [-0.4, -0.2) is 52.0 Å². The fourth-order valence-electron chi connectivity index (χ4n) is 4.16. The van der Waals surface area contributed by atoms with E-state index < -0.39 is 11.9 Å². The highest BCUT2D eigenvalue weighted by Crippen LogP contribution is 2.60. The lowest BCUT2D eigenvalue weighted by Crippen LogP contribution is -2.37. The summed E-state index contributed by atoms with van der Waals surface area (Å²) >= 11 is 0. The molecule has 6 heteroatoms. The first-order chi connectivity index (χ1) is 13.9. The Kier molecular flexibility index (Phi) is 6.01. The molecule has 1 aliphatic heterocycles. The summed E-state index contributed by atoms with van der Waals surface area (Å²) in [5.74, 6) is -1.81. The van der Waals surface area contributed by atoms with Gasteiger partial charge in [0, 0.05) is 23.9 Å². The second kappa shape index (κ2) is 8.47. The van der Waals surface area contributed by atoms with Crippen LogP contribution < -0.4 is 0 Å². The maximum absolute atomic E-state index is 9.10. The molecule has 29 heavy (non-hydrogen) atoms. The van der Waals surface area contributed by atoms with Crippen molar-refractivity contribution in [1.29, 1.82) is 0 Å². The number of hydrogen-bond donors (Lipinski definition) is 2. The smallest absolute Gasteiger partial charge is 0.414 e. The Hall–Kier alpha value is -3.15. The Morgan fingerprint density at radius 2 is 1.45 bits per heavy atom. The van der Waals surface area contributed by atoms with E-state index in [1.54, 1.807) is 0 Å². The largest absolute Gasteiger partial charge is 0.473 e. The molecule has 2 aliphatic rings. The second-order valence-electron chi connectivity index (χ2n) is 7.60. The molecule has 1 saturated carbocycles. The van der Waals surface area contributed by atoms with Gasteiger partial charge in [-0.1, -0.05) is 60.7 Å². The molecule has 1 unspecified atom stereocenters. The molecule has 1 aliphatic carbocycles. The molecule has 1 heterocycles. The summed E-state index contributed by atoms with van der Waals surface area (Å²) in [6.07, 6.45) is 1.17. The molecule has 2 aromatic rings. The van der Waals surface area contributed by atoms with Gasteiger partial charge in [0.15, 0.2) is 0 Å². The third-order valence-electron chi connectivity index (χ3n) is 5.57. The van der Waals surface area contributed by atoms with Gasteiger partial charge in [0.1, 0.15) is 5.84 Å². The number of hydrogen-bond acceptors (Lipinski definition) is 4. The number of benzene rings is 2. The van der Waals surface area contributed by atoms with Gasteiger partial charge >= 0.3 is 11.9 Å². The lowest BCUT2D eigenvalue weighted by Gasteiger charge is -2.27. The molecule has 4 rings (SSSR count). The Bertz CT molecular complexity index is 842. The summed E-state index contributed by atoms with van der Waals surface area (Å²) in [4.78, 5) is 25.6. The van der Waals surface area contributed by atoms with Crippen molar-refractivity contribution in [2.45, 2.75) is 31.7 Å². The van der Waals surface area contributed by atoms with Crippen molar-refractivity contribution in [3.05, 3.63) is 71.8 Å². The third-order valence-corrected chi connectivity index (χ3v) is 5.57. The summed E-state index contributed by atoms with van der Waals surface area (Å²) in [6, 6.07) is 22.5. The number of carbonyl (C=O) groups is 2. The average molecular weight is 394 g/mol. The van der Waals surface area contributed by atoms with Crippen LogP contribution in [0.15, 0.2) is 65.7 Å². The molecule has 0 saturated heterocycles. The van der Waals surface area contributed by atoms with Gasteiger partial charge in [0.05, 0.1) is 6.54 Å². The van der Waals surface area contributed by atoms with E-state index >= 15 is 0 Å². The lowest BCUT2D eigenvalue weighted by atomic mass is 9.85. The Morgan fingerprint density at radius 1 is 0.966 bits per heavy atom. The quantitative estimate of drug-likeness (QED) is 0.777. The maximum atomic E-state index is 9.10. The number of carboxylic acids is 2. The first-order valence-electron chi connectivity index (χ1n) is 9.76. The minimum Gasteiger partial charge on any atom is -0.473 e. The molecule has 2 aromatic carbocycles. The van der Waals surface area contributed by atoms with E-state index in [0.717, 1.165) is 13.1 Å². The molecule has 152 valence electrons. The van der Waals surface area contributed by atoms with E-state index in [1.807, 2.05) is 0 Å². The van der Waals surface area contributed by atoms with Gasteiger partial charge in [0.2, 0.25) is 0 Å². The highest BCUT2D eigenvalue weighted by atomic mass is 16.4. The van der Waals surface area contributed by atoms with Crippen molar-refractivity contribution in [1.82, 2.24) is 4.90 Å². The van der Waals surface area contributed by atoms with Gasteiger partial charge in [-0.05, 0) is 31.4 Å². The summed E-state index contributed by atoms with van der Waals surface area (Å²) in [5, 5.41) is 14.8. The molecule has 2 N–H and O–H groups in total. The molecule has 0 aromatic heterocycles. The zero-order chi connectivity index (χ0) is 21.0. The van der Waals surface area contributed by atoms with Crippen LogP contribution in [0.2, 0.25) is 0 Å². The predicted molar refractivity (Wildman–Crippen MR) is 111 cm³/mol. The highest BCUT2D eigenvalue weighted by Gasteiger charge is 2.60. The molecule has 1 fully saturated rings. The summed E-state index contributed by atoms with van der Waals surface area (Å²) in [5.41, 5.74) is 2.96. The van der Waals surface area contributed by atoms with Gasteiger partial charge in [-0.25, -0.2) is 9.59 Å². The first kappa shape index (κ1) is 20.6. The van der Waals surface area contributed by atoms with Gasteiger partial charge < -0.3 is 15.1 Å². The van der Waals surface area contributed by atoms with Gasteiger partial charge in [-0.15, -0.1) is 0 Å². The zero-order valence-corrected chi connectivity index (χ0v) is 16.7. The molecular formula is C23H26N2O4. The van der Waals surface area contributed by atoms with Crippen molar-refractivity contribution < 1.29 is 19.8 Å². The van der Waals surface area contributed by atoms with E-state index in [4.69, 9.17) is 24.8 Å². The summed E-state index contributed by atoms with van der Waals surface area (Å²) in [6.45, 7) is 6.57. The van der Waals surface area contributed by atoms with E-state index in [1.165, 1.54) is 23.4 Å². The van der Waals surface area contributed by atoms with Crippen LogP contribution in [0, 0.1) is 5.92 Å². The van der Waals surface area contributed by atoms with Crippen LogP contribution in [0.1, 0.15) is 31.4 Å². The van der Waals surface area contributed by atoms with Crippen molar-refractivity contribution >= 4 is 17.8 Å². The zero-order valence-electron chi connectivity index (χ0n) is 16.7. The molecular weight excluding hydrogens is 368 g/mol. The van der Waals surface area contributed by atoms with Crippen molar-refractivity contribution in [3.63, 3.8) is 0 Å². The van der Waals surface area contributed by atoms with Crippen LogP contribution in [0.4, 0.5) is 0 Å². The average Bonchev–Trinajstić information content (AvgIpc) is 3.28. The number of rotatable bonds is 4. The van der Waals surface area contributed by atoms with E-state index in [9.17, 15) is 0 Å². The molecule has 0 spiro atoms. The van der Waals surface area contributed by atoms with Crippen LogP contribution in [0.25, 0.3) is 0 Å². The molecule has 0 radical (unpaired) electrons. The SMILES string of the molecule is CC(C)N1CCN=C1C1CC1(c1ccccc1)c1ccccc1.O=C(O)C(=O)O. The third kappa shape index (κ3) is 4.16. The molecule has 6 nitrogen and oxygen atoms in total. The Balaban J connectivity index is 0.000000353. The number of aliphatic imine (C=N–C) groups is 1. The van der Waals surface area contributed by atoms with Crippen LogP contribution in [-0.2, 0) is 15.0 Å². The van der Waals surface area contributed by atoms with E-state index in [-0.39, 0.29) is 5.41 Å². The first-order valence-corrected chi connectivity index (χ1v) is 9.76. The summed E-state index contributed by atoms with van der Waals surface area (Å²) < 4.78 is 0. The Morgan fingerprint density at radius 3 is 1.86 bits per heavy atom. The minimum absolute atomic E-state index is 0.110. The normalized spacial score (nSPS) is 19.2. The molecule has 0 amide bonds. The van der Waals surface area contributed by atoms with Crippen molar-refractivity contribution in [3.8, 4) is 0 Å². The number of nitrogens with zero attached hydrogens (tertiary/aromatic N) is 2. The Labute approximate surface area is 170 Å². The van der Waals surface area contributed by atoms with Crippen LogP contribution in [0.5, 0.6) is 0 Å². The van der Waals surface area contributed by atoms with Crippen molar-refractivity contribution in [2.24, 2.45) is 10.9 Å². The standard InChI is InChI=1S/C21H24N2.C2H2O4/c1-16(2)23-14-13-22-20(23)19-15-21(19,17-9-5-3-6-10-17)18-11-7-4-8-12-18;3-1(4)2(5)6/h3-12,16,19H,13-15H2,1-2H3;(H,3,4)(H,5,6). The predicted octanol–water partition coefficient (Wildman–Crippen LogP) is 3.27. The van der Waals surface area contributed by atoms with Gasteiger partial charge in [0.25, 0.3) is 0 Å². The molecule has 1 atom stereocenters. The fourth-order valence-corrected chi connectivity index (χ4v) is 4.16. The monoisotopic (exact) mass is 394 g/mol. The topological polar surface area (TPSA) is 90.2 Å². The van der Waals surface area contributed by atoms with E-state index in [0.29, 0.717) is 12.0 Å². The summed E-state index contributed by atoms with van der Waals surface area (Å²) in [7, 11) is 0. The van der Waals surface area contributed by atoms with Crippen LogP contribution >= 0.6 is 0 Å². The molecule has 0 bridgehead atoms. The number of carboxylic acid groups (broad SMARTS) is 2. The number of aliphatic carboxylic acids is 2. The maximum Gasteiger partial charge on any atom is 0.414 e. The second-order valence-corrected chi connectivity index (χ2v) is 7.60. The lowest BCUT2D eigenvalue weighted by molar-refractivity contribution is -0.159. The minimum atomic E-state index is -1.82. The van der Waals surface area contributed by atoms with Gasteiger partial charge in [-0.2, -0.15) is 0 Å². The van der Waals surface area contributed by atoms with Gasteiger partial charge in [-0.3, -0.25) is 4.99 Å². The highest BCUT2D eigenvalue weighted by molar-refractivity contribution is 6.27. The number of amidine groups is 1.